The molecule has 1 heterocycles. The van der Waals surface area contributed by atoms with Crippen LogP contribution in [0.2, 0.25) is 0 Å². The SMILES string of the molecule is CC(C)(C)OC(=O)N(C(=O)OC(C)(C)C)c1ncc([C@@H]2CC[C@@H](OC(=O)Oc3ccc([N+](=O)[O-])cc3)C2)cn1. The van der Waals surface area contributed by atoms with E-state index in [-0.39, 0.29) is 23.3 Å². The number of aromatic nitrogens is 2. The molecule has 1 aliphatic rings. The number of nitrogens with zero attached hydrogens (tertiary/aromatic N) is 4. The van der Waals surface area contributed by atoms with Crippen molar-refractivity contribution < 1.29 is 38.3 Å². The summed E-state index contributed by atoms with van der Waals surface area (Å²) in [6.45, 7) is 10.0. The van der Waals surface area contributed by atoms with E-state index >= 15 is 0 Å². The minimum Gasteiger partial charge on any atom is -0.443 e. The monoisotopic (exact) mass is 544 g/mol. The van der Waals surface area contributed by atoms with Crippen molar-refractivity contribution in [1.82, 2.24) is 9.97 Å². The molecule has 1 saturated carbocycles. The van der Waals surface area contributed by atoms with E-state index in [1.54, 1.807) is 41.5 Å². The summed E-state index contributed by atoms with van der Waals surface area (Å²) in [7, 11) is 0. The first-order chi connectivity index (χ1) is 18.1. The molecule has 3 rings (SSSR count). The molecule has 1 aliphatic carbocycles. The summed E-state index contributed by atoms with van der Waals surface area (Å²) in [6, 6.07) is 5.08. The second-order valence-electron chi connectivity index (χ2n) is 11.0. The first kappa shape index (κ1) is 29.3. The molecule has 39 heavy (non-hydrogen) atoms. The van der Waals surface area contributed by atoms with Gasteiger partial charge < -0.3 is 18.9 Å². The molecule has 0 aliphatic heterocycles. The summed E-state index contributed by atoms with van der Waals surface area (Å²) in [5, 5.41) is 10.7. The minimum atomic E-state index is -0.967. The number of rotatable bonds is 5. The molecule has 1 aromatic heterocycles. The molecule has 13 nitrogen and oxygen atoms in total. The number of hydrogen-bond acceptors (Lipinski definition) is 11. The molecule has 210 valence electrons. The van der Waals surface area contributed by atoms with Gasteiger partial charge in [-0.15, -0.1) is 4.90 Å². The lowest BCUT2D eigenvalue weighted by atomic mass is 10.0. The molecule has 0 saturated heterocycles. The fourth-order valence-corrected chi connectivity index (χ4v) is 3.75. The average Bonchev–Trinajstić information content (AvgIpc) is 3.26. The van der Waals surface area contributed by atoms with E-state index < -0.39 is 40.6 Å². The Morgan fingerprint density at radius 3 is 1.95 bits per heavy atom. The summed E-state index contributed by atoms with van der Waals surface area (Å²) < 4.78 is 21.2. The van der Waals surface area contributed by atoms with E-state index in [0.29, 0.717) is 24.2 Å². The van der Waals surface area contributed by atoms with Crippen molar-refractivity contribution in [3.05, 3.63) is 52.3 Å². The van der Waals surface area contributed by atoms with Gasteiger partial charge in [0.1, 0.15) is 23.1 Å². The van der Waals surface area contributed by atoms with Gasteiger partial charge in [-0.1, -0.05) is 0 Å². The van der Waals surface area contributed by atoms with Crippen molar-refractivity contribution >= 4 is 30.0 Å². The third kappa shape index (κ3) is 8.62. The Morgan fingerprint density at radius 2 is 1.46 bits per heavy atom. The smallest absolute Gasteiger partial charge is 0.443 e. The lowest BCUT2D eigenvalue weighted by molar-refractivity contribution is -0.384. The number of benzene rings is 1. The van der Waals surface area contributed by atoms with Crippen molar-refractivity contribution in [2.75, 3.05) is 4.90 Å². The molecule has 0 N–H and O–H groups in total. The van der Waals surface area contributed by atoms with Crippen LogP contribution in [0.15, 0.2) is 36.7 Å². The van der Waals surface area contributed by atoms with E-state index in [1.807, 2.05) is 0 Å². The lowest BCUT2D eigenvalue weighted by Crippen LogP contribution is -2.44. The fourth-order valence-electron chi connectivity index (χ4n) is 3.75. The fraction of sp³-hybridized carbons (Fsp3) is 0.500. The second kappa shape index (κ2) is 11.6. The molecule has 0 unspecified atom stereocenters. The van der Waals surface area contributed by atoms with Crippen LogP contribution in [0.25, 0.3) is 0 Å². The van der Waals surface area contributed by atoms with Crippen molar-refractivity contribution in [2.24, 2.45) is 0 Å². The highest BCUT2D eigenvalue weighted by Gasteiger charge is 2.35. The summed E-state index contributed by atoms with van der Waals surface area (Å²) in [5.41, 5.74) is -1.12. The zero-order valence-corrected chi connectivity index (χ0v) is 22.7. The van der Waals surface area contributed by atoms with E-state index in [2.05, 4.69) is 9.97 Å². The van der Waals surface area contributed by atoms with Crippen molar-refractivity contribution in [2.45, 2.75) is 84.0 Å². The van der Waals surface area contributed by atoms with E-state index in [4.69, 9.17) is 18.9 Å². The highest BCUT2D eigenvalue weighted by molar-refractivity contribution is 6.08. The van der Waals surface area contributed by atoms with E-state index in [1.165, 1.54) is 36.7 Å². The topological polar surface area (TPSA) is 160 Å². The minimum absolute atomic E-state index is 0.0345. The van der Waals surface area contributed by atoms with Gasteiger partial charge in [-0.25, -0.2) is 24.4 Å². The van der Waals surface area contributed by atoms with Crippen LogP contribution in [0.1, 0.15) is 72.3 Å². The van der Waals surface area contributed by atoms with E-state index in [9.17, 15) is 24.5 Å². The first-order valence-corrected chi connectivity index (χ1v) is 12.3. The molecule has 0 bridgehead atoms. The number of non-ortho nitro benzene ring substituents is 1. The van der Waals surface area contributed by atoms with Crippen molar-refractivity contribution in [1.29, 1.82) is 0 Å². The summed E-state index contributed by atoms with van der Waals surface area (Å²) in [6.07, 6.45) is 1.49. The van der Waals surface area contributed by atoms with Gasteiger partial charge in [-0.3, -0.25) is 10.1 Å². The summed E-state index contributed by atoms with van der Waals surface area (Å²) in [5.74, 6) is -0.101. The molecule has 1 fully saturated rings. The first-order valence-electron chi connectivity index (χ1n) is 12.3. The van der Waals surface area contributed by atoms with Gasteiger partial charge in [-0.2, -0.15) is 0 Å². The van der Waals surface area contributed by atoms with Crippen molar-refractivity contribution in [3.63, 3.8) is 0 Å². The van der Waals surface area contributed by atoms with Crippen LogP contribution >= 0.6 is 0 Å². The number of imide groups is 1. The van der Waals surface area contributed by atoms with Gasteiger partial charge in [0.2, 0.25) is 5.95 Å². The molecule has 13 heteroatoms. The zero-order valence-electron chi connectivity index (χ0n) is 22.7. The number of nitro benzene ring substituents is 1. The quantitative estimate of drug-likeness (QED) is 0.145. The van der Waals surface area contributed by atoms with Crippen LogP contribution in [-0.4, -0.2) is 50.5 Å². The average molecular weight is 545 g/mol. The normalized spacial score (nSPS) is 17.2. The number of nitro groups is 1. The number of hydrogen-bond donors (Lipinski definition) is 0. The molecule has 0 spiro atoms. The molecule has 2 atom stereocenters. The molecule has 2 amide bonds. The van der Waals surface area contributed by atoms with Crippen LogP contribution in [0.4, 0.5) is 26.0 Å². The Kier molecular flexibility index (Phi) is 8.72. The van der Waals surface area contributed by atoms with Gasteiger partial charge in [-0.05, 0) is 84.4 Å². The van der Waals surface area contributed by atoms with Crippen LogP contribution in [-0.2, 0) is 14.2 Å². The number of ether oxygens (including phenoxy) is 4. The third-order valence-corrected chi connectivity index (χ3v) is 5.38. The lowest BCUT2D eigenvalue weighted by Gasteiger charge is -2.27. The van der Waals surface area contributed by atoms with Crippen LogP contribution in [0.5, 0.6) is 5.75 Å². The predicted octanol–water partition coefficient (Wildman–Crippen LogP) is 5.91. The predicted molar refractivity (Wildman–Crippen MR) is 138 cm³/mol. The number of anilines is 1. The van der Waals surface area contributed by atoms with Crippen molar-refractivity contribution in [3.8, 4) is 5.75 Å². The molecule has 1 aromatic carbocycles. The Morgan fingerprint density at radius 1 is 0.923 bits per heavy atom. The van der Waals surface area contributed by atoms with Crippen LogP contribution in [0.3, 0.4) is 0 Å². The Labute approximate surface area is 225 Å². The number of carbonyl (C=O) groups excluding carboxylic acids is 3. The summed E-state index contributed by atoms with van der Waals surface area (Å²) >= 11 is 0. The second-order valence-corrected chi connectivity index (χ2v) is 11.0. The molecule has 2 aromatic rings. The zero-order chi connectivity index (χ0) is 29.0. The Balaban J connectivity index is 1.63. The highest BCUT2D eigenvalue weighted by atomic mass is 16.7. The van der Waals surface area contributed by atoms with Gasteiger partial charge in [0, 0.05) is 24.5 Å². The molecule has 0 radical (unpaired) electrons. The maximum Gasteiger partial charge on any atom is 0.514 e. The molecular formula is C26H32N4O9. The summed E-state index contributed by atoms with van der Waals surface area (Å²) in [4.78, 5) is 57.0. The molecular weight excluding hydrogens is 512 g/mol. The maximum absolute atomic E-state index is 12.8. The van der Waals surface area contributed by atoms with Gasteiger partial charge in [0.15, 0.2) is 0 Å². The Hall–Kier alpha value is -4.29. The third-order valence-electron chi connectivity index (χ3n) is 5.38. The number of carbonyl (C=O) groups is 3. The largest absolute Gasteiger partial charge is 0.514 e. The van der Waals surface area contributed by atoms with Gasteiger partial charge >= 0.3 is 18.3 Å². The highest BCUT2D eigenvalue weighted by Crippen LogP contribution is 2.36. The standard InChI is InChI=1S/C26H32N4O9/c1-25(2,3)38-22(31)29(23(32)39-26(4,5)6)21-27-14-17(15-28-21)16-7-10-20(13-16)37-24(33)36-19-11-8-18(9-12-19)30(34)35/h8-9,11-12,14-16,20H,7,10,13H2,1-6H3/t16-,20-/m1/s1. The van der Waals surface area contributed by atoms with Crippen LogP contribution < -0.4 is 9.64 Å². The Bertz CT molecular complexity index is 1170. The van der Waals surface area contributed by atoms with Crippen LogP contribution in [0, 0.1) is 10.1 Å². The van der Waals surface area contributed by atoms with Gasteiger partial charge in [0.05, 0.1) is 4.92 Å². The number of amides is 2. The van der Waals surface area contributed by atoms with E-state index in [0.717, 1.165) is 5.56 Å². The maximum atomic E-state index is 12.8. The van der Waals surface area contributed by atoms with Gasteiger partial charge in [0.25, 0.3) is 5.69 Å².